The number of benzene rings is 1. The number of carbonyl (C=O) groups is 1. The number of aromatic nitrogens is 3. The van der Waals surface area contributed by atoms with Gasteiger partial charge in [0.25, 0.3) is 5.91 Å². The number of fused-ring (bicyclic) bond motifs is 1. The van der Waals surface area contributed by atoms with E-state index in [0.29, 0.717) is 47.5 Å². The van der Waals surface area contributed by atoms with Crippen molar-refractivity contribution >= 4 is 27.3 Å². The van der Waals surface area contributed by atoms with Gasteiger partial charge in [0, 0.05) is 31.2 Å². The minimum atomic E-state index is -3.55. The highest BCUT2D eigenvalue weighted by molar-refractivity contribution is 7.89. The van der Waals surface area contributed by atoms with Crippen LogP contribution in [0.25, 0.3) is 5.65 Å². The summed E-state index contributed by atoms with van der Waals surface area (Å²) in [6, 6.07) is 8.03. The van der Waals surface area contributed by atoms with E-state index >= 15 is 0 Å². The lowest BCUT2D eigenvalue weighted by Crippen LogP contribution is -2.42. The van der Waals surface area contributed by atoms with Gasteiger partial charge in [0.2, 0.25) is 10.0 Å². The molecular weight excluding hydrogens is 402 g/mol. The first-order chi connectivity index (χ1) is 14.3. The Morgan fingerprint density at radius 2 is 1.80 bits per heavy atom. The Labute approximate surface area is 176 Å². The molecule has 2 aromatic heterocycles. The van der Waals surface area contributed by atoms with Crippen molar-refractivity contribution in [1.29, 1.82) is 0 Å². The summed E-state index contributed by atoms with van der Waals surface area (Å²) < 4.78 is 29.1. The molecule has 4 rings (SSSR count). The van der Waals surface area contributed by atoms with E-state index in [9.17, 15) is 13.2 Å². The number of carbonyl (C=O) groups excluding carboxylic acids is 1. The molecule has 2 unspecified atom stereocenters. The molecule has 1 N–H and O–H groups in total. The number of amides is 1. The molecule has 3 heterocycles. The number of anilines is 1. The van der Waals surface area contributed by atoms with Crippen molar-refractivity contribution in [2.45, 2.75) is 32.1 Å². The molecule has 0 spiro atoms. The number of piperidine rings is 1. The fraction of sp³-hybridized carbons (Fsp3) is 0.381. The molecule has 158 valence electrons. The maximum absolute atomic E-state index is 13.0. The summed E-state index contributed by atoms with van der Waals surface area (Å²) in [5.41, 5.74) is 1.94. The van der Waals surface area contributed by atoms with E-state index in [0.717, 1.165) is 6.42 Å². The third kappa shape index (κ3) is 3.82. The minimum absolute atomic E-state index is 0.232. The van der Waals surface area contributed by atoms with Crippen molar-refractivity contribution in [2.75, 3.05) is 18.4 Å². The Bertz CT molecular complexity index is 1180. The number of rotatable bonds is 4. The van der Waals surface area contributed by atoms with Crippen molar-refractivity contribution in [3.8, 4) is 0 Å². The number of aryl methyl sites for hydroxylation is 1. The van der Waals surface area contributed by atoms with Crippen LogP contribution in [-0.4, -0.2) is 46.3 Å². The second-order valence-electron chi connectivity index (χ2n) is 8.09. The van der Waals surface area contributed by atoms with Crippen LogP contribution in [0.4, 0.5) is 5.69 Å². The summed E-state index contributed by atoms with van der Waals surface area (Å²) in [4.78, 5) is 17.2. The molecule has 0 bridgehead atoms. The van der Waals surface area contributed by atoms with Gasteiger partial charge in [-0.1, -0.05) is 13.8 Å². The predicted octanol–water partition coefficient (Wildman–Crippen LogP) is 2.96. The Morgan fingerprint density at radius 1 is 1.13 bits per heavy atom. The van der Waals surface area contributed by atoms with E-state index in [4.69, 9.17) is 0 Å². The predicted molar refractivity (Wildman–Crippen MR) is 114 cm³/mol. The van der Waals surface area contributed by atoms with Crippen molar-refractivity contribution in [3.63, 3.8) is 0 Å². The van der Waals surface area contributed by atoms with E-state index in [1.807, 2.05) is 0 Å². The molecule has 1 aliphatic rings. The lowest BCUT2D eigenvalue weighted by atomic mass is 9.94. The highest BCUT2D eigenvalue weighted by atomic mass is 32.2. The van der Waals surface area contributed by atoms with Crippen LogP contribution in [0.15, 0.2) is 47.6 Å². The zero-order valence-electron chi connectivity index (χ0n) is 17.2. The molecule has 1 amide bonds. The molecule has 9 heteroatoms. The second kappa shape index (κ2) is 7.81. The second-order valence-corrected chi connectivity index (χ2v) is 10.0. The Hall–Kier alpha value is -2.78. The van der Waals surface area contributed by atoms with Crippen LogP contribution in [-0.2, 0) is 10.0 Å². The number of hydrogen-bond donors (Lipinski definition) is 1. The first-order valence-electron chi connectivity index (χ1n) is 9.97. The summed E-state index contributed by atoms with van der Waals surface area (Å²) in [6.45, 7) is 6.97. The average Bonchev–Trinajstić information content (AvgIpc) is 3.03. The molecule has 3 aromatic rings. The van der Waals surface area contributed by atoms with Crippen LogP contribution in [0, 0.1) is 18.8 Å². The molecule has 1 aliphatic heterocycles. The number of nitrogens with one attached hydrogen (secondary N) is 1. The van der Waals surface area contributed by atoms with Gasteiger partial charge in [-0.15, -0.1) is 0 Å². The molecule has 1 fully saturated rings. The molecule has 0 radical (unpaired) electrons. The van der Waals surface area contributed by atoms with E-state index in [1.54, 1.807) is 46.3 Å². The molecular formula is C21H25N5O3S. The van der Waals surface area contributed by atoms with E-state index < -0.39 is 10.0 Å². The topological polar surface area (TPSA) is 96.7 Å². The third-order valence-electron chi connectivity index (χ3n) is 5.38. The zero-order chi connectivity index (χ0) is 21.5. The average molecular weight is 428 g/mol. The van der Waals surface area contributed by atoms with Gasteiger partial charge in [0.15, 0.2) is 5.65 Å². The maximum Gasteiger partial charge on any atom is 0.261 e. The van der Waals surface area contributed by atoms with E-state index in [1.165, 1.54) is 12.1 Å². The SMILES string of the molecule is Cc1nn2cccnc2c1C(=O)Nc1ccc(S(=O)(=O)N2CC(C)CC(C)C2)cc1. The van der Waals surface area contributed by atoms with Gasteiger partial charge in [-0.05, 0) is 55.5 Å². The largest absolute Gasteiger partial charge is 0.322 e. The summed E-state index contributed by atoms with van der Waals surface area (Å²) >= 11 is 0. The first-order valence-corrected chi connectivity index (χ1v) is 11.4. The Morgan fingerprint density at radius 3 is 2.47 bits per heavy atom. The monoisotopic (exact) mass is 427 g/mol. The minimum Gasteiger partial charge on any atom is -0.322 e. The normalized spacial score (nSPS) is 20.4. The van der Waals surface area contributed by atoms with Crippen molar-refractivity contribution < 1.29 is 13.2 Å². The highest BCUT2D eigenvalue weighted by Crippen LogP contribution is 2.27. The van der Waals surface area contributed by atoms with Crippen LogP contribution >= 0.6 is 0 Å². The third-order valence-corrected chi connectivity index (χ3v) is 7.23. The van der Waals surface area contributed by atoms with Crippen LogP contribution in [0.5, 0.6) is 0 Å². The van der Waals surface area contributed by atoms with Gasteiger partial charge >= 0.3 is 0 Å². The maximum atomic E-state index is 13.0. The Kier molecular flexibility index (Phi) is 5.33. The first kappa shape index (κ1) is 20.5. The summed E-state index contributed by atoms with van der Waals surface area (Å²) in [7, 11) is -3.55. The van der Waals surface area contributed by atoms with Gasteiger partial charge in [-0.25, -0.2) is 17.9 Å². The highest BCUT2D eigenvalue weighted by Gasteiger charge is 2.31. The fourth-order valence-corrected chi connectivity index (χ4v) is 5.80. The summed E-state index contributed by atoms with van der Waals surface area (Å²) in [5, 5.41) is 7.10. The number of hydrogen-bond acceptors (Lipinski definition) is 5. The van der Waals surface area contributed by atoms with Gasteiger partial charge in [-0.2, -0.15) is 9.40 Å². The van der Waals surface area contributed by atoms with Crippen LogP contribution < -0.4 is 5.32 Å². The van der Waals surface area contributed by atoms with E-state index in [2.05, 4.69) is 29.2 Å². The van der Waals surface area contributed by atoms with Crippen molar-refractivity contribution in [3.05, 3.63) is 54.0 Å². The molecule has 0 aliphatic carbocycles. The van der Waals surface area contributed by atoms with E-state index in [-0.39, 0.29) is 10.8 Å². The van der Waals surface area contributed by atoms with Crippen LogP contribution in [0.2, 0.25) is 0 Å². The molecule has 30 heavy (non-hydrogen) atoms. The van der Waals surface area contributed by atoms with Gasteiger partial charge in [0.1, 0.15) is 5.56 Å². The molecule has 8 nitrogen and oxygen atoms in total. The standard InChI is InChI=1S/C21H25N5O3S/c1-14-11-15(2)13-25(12-14)30(28,29)18-7-5-17(6-8-18)23-21(27)19-16(3)24-26-10-4-9-22-20(19)26/h4-10,14-15H,11-13H2,1-3H3,(H,23,27). The number of nitrogens with zero attached hydrogens (tertiary/aromatic N) is 4. The van der Waals surface area contributed by atoms with Gasteiger partial charge < -0.3 is 5.32 Å². The van der Waals surface area contributed by atoms with Crippen molar-refractivity contribution in [1.82, 2.24) is 18.9 Å². The molecule has 1 aromatic carbocycles. The van der Waals surface area contributed by atoms with Crippen LogP contribution in [0.1, 0.15) is 36.3 Å². The van der Waals surface area contributed by atoms with Crippen LogP contribution in [0.3, 0.4) is 0 Å². The lowest BCUT2D eigenvalue weighted by molar-refractivity contribution is 0.102. The summed E-state index contributed by atoms with van der Waals surface area (Å²) in [6.07, 6.45) is 4.37. The fourth-order valence-electron chi connectivity index (χ4n) is 4.12. The number of sulfonamides is 1. The quantitative estimate of drug-likeness (QED) is 0.690. The van der Waals surface area contributed by atoms with Gasteiger partial charge in [0.05, 0.1) is 10.6 Å². The Balaban J connectivity index is 1.53. The smallest absolute Gasteiger partial charge is 0.261 e. The lowest BCUT2D eigenvalue weighted by Gasteiger charge is -2.34. The summed E-state index contributed by atoms with van der Waals surface area (Å²) in [5.74, 6) is 0.338. The molecule has 1 saturated heterocycles. The zero-order valence-corrected chi connectivity index (χ0v) is 18.1. The van der Waals surface area contributed by atoms with Gasteiger partial charge in [-0.3, -0.25) is 4.79 Å². The molecule has 2 atom stereocenters. The molecule has 0 saturated carbocycles. The van der Waals surface area contributed by atoms with Crippen molar-refractivity contribution in [2.24, 2.45) is 11.8 Å².